The van der Waals surface area contributed by atoms with E-state index in [2.05, 4.69) is 25.2 Å². The third-order valence-corrected chi connectivity index (χ3v) is 5.09. The van der Waals surface area contributed by atoms with Gasteiger partial charge in [0, 0.05) is 32.0 Å². The van der Waals surface area contributed by atoms with Crippen LogP contribution in [-0.4, -0.2) is 41.1 Å². The van der Waals surface area contributed by atoms with Gasteiger partial charge in [-0.05, 0) is 36.6 Å². The lowest BCUT2D eigenvalue weighted by Gasteiger charge is -2.33. The van der Waals surface area contributed by atoms with Gasteiger partial charge < -0.3 is 15.0 Å². The standard InChI is InChI=1S/C21H23N5O2/c1-28-18-6-4-15(5-7-18)12-25-21(27)16-3-2-10-26(14-16)17-11-19-20(24-13-17)23-9-8-22-19/h4-9,11,13,16H,2-3,10,12,14H2,1H3,(H,25,27). The second-order valence-corrected chi connectivity index (χ2v) is 6.94. The van der Waals surface area contributed by atoms with E-state index in [1.807, 2.05) is 36.5 Å². The van der Waals surface area contributed by atoms with E-state index in [1.54, 1.807) is 19.5 Å². The molecule has 0 radical (unpaired) electrons. The number of nitrogens with zero attached hydrogens (tertiary/aromatic N) is 4. The highest BCUT2D eigenvalue weighted by molar-refractivity contribution is 5.80. The largest absolute Gasteiger partial charge is 0.497 e. The predicted octanol–water partition coefficient (Wildman–Crippen LogP) is 2.57. The highest BCUT2D eigenvalue weighted by atomic mass is 16.5. The molecule has 1 aliphatic rings. The summed E-state index contributed by atoms with van der Waals surface area (Å²) in [5.41, 5.74) is 3.45. The zero-order chi connectivity index (χ0) is 19.3. The van der Waals surface area contributed by atoms with E-state index in [0.717, 1.165) is 41.9 Å². The van der Waals surface area contributed by atoms with Crippen LogP contribution in [0.3, 0.4) is 0 Å². The van der Waals surface area contributed by atoms with Gasteiger partial charge in [0.1, 0.15) is 11.3 Å². The van der Waals surface area contributed by atoms with Gasteiger partial charge in [0.2, 0.25) is 5.91 Å². The Morgan fingerprint density at radius 2 is 2.04 bits per heavy atom. The van der Waals surface area contributed by atoms with Crippen molar-refractivity contribution in [2.24, 2.45) is 5.92 Å². The minimum absolute atomic E-state index is 0.0375. The van der Waals surface area contributed by atoms with Gasteiger partial charge in [0.25, 0.3) is 0 Å². The second-order valence-electron chi connectivity index (χ2n) is 6.94. The van der Waals surface area contributed by atoms with Crippen molar-refractivity contribution in [3.8, 4) is 5.75 Å². The van der Waals surface area contributed by atoms with Gasteiger partial charge in [-0.3, -0.25) is 9.78 Å². The summed E-state index contributed by atoms with van der Waals surface area (Å²) >= 11 is 0. The summed E-state index contributed by atoms with van der Waals surface area (Å²) in [6, 6.07) is 9.73. The molecule has 0 bridgehead atoms. The van der Waals surface area contributed by atoms with E-state index in [-0.39, 0.29) is 11.8 Å². The molecule has 7 nitrogen and oxygen atoms in total. The number of hydrogen-bond acceptors (Lipinski definition) is 6. The van der Waals surface area contributed by atoms with Crippen LogP contribution in [0, 0.1) is 5.92 Å². The average Bonchev–Trinajstić information content (AvgIpc) is 2.77. The number of carbonyl (C=O) groups excluding carboxylic acids is 1. The molecule has 2 aromatic heterocycles. The molecular weight excluding hydrogens is 354 g/mol. The first-order valence-corrected chi connectivity index (χ1v) is 9.45. The fraction of sp³-hybridized carbons (Fsp3) is 0.333. The number of ether oxygens (including phenoxy) is 1. The van der Waals surface area contributed by atoms with Crippen molar-refractivity contribution in [2.45, 2.75) is 19.4 Å². The maximum absolute atomic E-state index is 12.7. The molecule has 28 heavy (non-hydrogen) atoms. The maximum Gasteiger partial charge on any atom is 0.225 e. The van der Waals surface area contributed by atoms with Crippen molar-refractivity contribution in [2.75, 3.05) is 25.1 Å². The third-order valence-electron chi connectivity index (χ3n) is 5.09. The van der Waals surface area contributed by atoms with Crippen LogP contribution in [0.25, 0.3) is 11.2 Å². The quantitative estimate of drug-likeness (QED) is 0.736. The zero-order valence-electron chi connectivity index (χ0n) is 15.8. The number of pyridine rings is 1. The number of aromatic nitrogens is 3. The van der Waals surface area contributed by atoms with Gasteiger partial charge in [0.15, 0.2) is 5.65 Å². The summed E-state index contributed by atoms with van der Waals surface area (Å²) < 4.78 is 5.16. The predicted molar refractivity (Wildman–Crippen MR) is 107 cm³/mol. The van der Waals surface area contributed by atoms with Crippen LogP contribution in [0.15, 0.2) is 48.9 Å². The Labute approximate surface area is 163 Å². The molecule has 3 aromatic rings. The van der Waals surface area contributed by atoms with E-state index in [0.29, 0.717) is 18.7 Å². The average molecular weight is 377 g/mol. The Hall–Kier alpha value is -3.22. The summed E-state index contributed by atoms with van der Waals surface area (Å²) in [7, 11) is 1.64. The molecule has 1 unspecified atom stereocenters. The molecule has 1 atom stereocenters. The van der Waals surface area contributed by atoms with Gasteiger partial charge in [0.05, 0.1) is 24.9 Å². The third kappa shape index (κ3) is 4.03. The summed E-state index contributed by atoms with van der Waals surface area (Å²) in [4.78, 5) is 27.8. The fourth-order valence-corrected chi connectivity index (χ4v) is 3.52. The summed E-state index contributed by atoms with van der Waals surface area (Å²) in [5.74, 6) is 0.866. The van der Waals surface area contributed by atoms with Gasteiger partial charge >= 0.3 is 0 Å². The normalized spacial score (nSPS) is 16.8. The molecule has 0 aliphatic carbocycles. The van der Waals surface area contributed by atoms with E-state index in [9.17, 15) is 4.79 Å². The molecule has 3 heterocycles. The molecule has 1 aliphatic heterocycles. The van der Waals surface area contributed by atoms with Crippen molar-refractivity contribution in [1.29, 1.82) is 0 Å². The van der Waals surface area contributed by atoms with Gasteiger partial charge in [-0.2, -0.15) is 0 Å². The number of fused-ring (bicyclic) bond motifs is 1. The molecular formula is C21H23N5O2. The first-order valence-electron chi connectivity index (χ1n) is 9.45. The maximum atomic E-state index is 12.7. The van der Waals surface area contributed by atoms with Crippen molar-refractivity contribution in [1.82, 2.24) is 20.3 Å². The van der Waals surface area contributed by atoms with Crippen molar-refractivity contribution in [3.05, 3.63) is 54.5 Å². The fourth-order valence-electron chi connectivity index (χ4n) is 3.52. The van der Waals surface area contributed by atoms with Crippen LogP contribution in [-0.2, 0) is 11.3 Å². The number of nitrogens with one attached hydrogen (secondary N) is 1. The van der Waals surface area contributed by atoms with Crippen molar-refractivity contribution >= 4 is 22.8 Å². The Morgan fingerprint density at radius 3 is 2.86 bits per heavy atom. The SMILES string of the molecule is COc1ccc(CNC(=O)C2CCCN(c3cnc4nccnc4c3)C2)cc1. The minimum Gasteiger partial charge on any atom is -0.497 e. The summed E-state index contributed by atoms with van der Waals surface area (Å²) in [6.07, 6.45) is 6.98. The first-order chi connectivity index (χ1) is 13.7. The Bertz CT molecular complexity index is 960. The summed E-state index contributed by atoms with van der Waals surface area (Å²) in [6.45, 7) is 2.12. The van der Waals surface area contributed by atoms with Crippen LogP contribution in [0.4, 0.5) is 5.69 Å². The van der Waals surface area contributed by atoms with E-state index >= 15 is 0 Å². The van der Waals surface area contributed by atoms with Crippen molar-refractivity contribution < 1.29 is 9.53 Å². The lowest BCUT2D eigenvalue weighted by molar-refractivity contribution is -0.125. The Kier molecular flexibility index (Phi) is 5.32. The molecule has 1 N–H and O–H groups in total. The number of methoxy groups -OCH3 is 1. The van der Waals surface area contributed by atoms with E-state index in [4.69, 9.17) is 4.74 Å². The van der Waals surface area contributed by atoms with E-state index in [1.165, 1.54) is 0 Å². The minimum atomic E-state index is -0.0375. The van der Waals surface area contributed by atoms with Crippen LogP contribution >= 0.6 is 0 Å². The Morgan fingerprint density at radius 1 is 1.21 bits per heavy atom. The molecule has 7 heteroatoms. The number of carbonyl (C=O) groups is 1. The molecule has 4 rings (SSSR count). The van der Waals surface area contributed by atoms with Crippen LogP contribution in [0.1, 0.15) is 18.4 Å². The Balaban J connectivity index is 1.38. The molecule has 0 spiro atoms. The molecule has 144 valence electrons. The van der Waals surface area contributed by atoms with Gasteiger partial charge in [-0.15, -0.1) is 0 Å². The second kappa shape index (κ2) is 8.21. The van der Waals surface area contributed by atoms with Crippen molar-refractivity contribution in [3.63, 3.8) is 0 Å². The van der Waals surface area contributed by atoms with Gasteiger partial charge in [-0.25, -0.2) is 9.97 Å². The topological polar surface area (TPSA) is 80.2 Å². The first kappa shape index (κ1) is 18.2. The van der Waals surface area contributed by atoms with E-state index < -0.39 is 0 Å². The number of amides is 1. The monoisotopic (exact) mass is 377 g/mol. The molecule has 1 saturated heterocycles. The van der Waals surface area contributed by atoms with Crippen LogP contribution in [0.2, 0.25) is 0 Å². The number of anilines is 1. The highest BCUT2D eigenvalue weighted by Gasteiger charge is 2.26. The molecule has 1 aromatic carbocycles. The summed E-state index contributed by atoms with van der Waals surface area (Å²) in [5, 5.41) is 3.06. The molecule has 0 saturated carbocycles. The lowest BCUT2D eigenvalue weighted by Crippen LogP contribution is -2.43. The number of hydrogen-bond donors (Lipinski definition) is 1. The highest BCUT2D eigenvalue weighted by Crippen LogP contribution is 2.24. The molecule has 1 fully saturated rings. The van der Waals surface area contributed by atoms with Crippen LogP contribution in [0.5, 0.6) is 5.75 Å². The zero-order valence-corrected chi connectivity index (χ0v) is 15.8. The van der Waals surface area contributed by atoms with Gasteiger partial charge in [-0.1, -0.05) is 12.1 Å². The van der Waals surface area contributed by atoms with Crippen LogP contribution < -0.4 is 15.0 Å². The number of rotatable bonds is 5. The lowest BCUT2D eigenvalue weighted by atomic mass is 9.96. The number of piperidine rings is 1. The molecule has 1 amide bonds. The number of benzene rings is 1. The smallest absolute Gasteiger partial charge is 0.225 e.